The number of allylic oxidation sites excluding steroid dienone is 1. The second-order valence-electron chi connectivity index (χ2n) is 5.65. The van der Waals surface area contributed by atoms with Gasteiger partial charge in [-0.3, -0.25) is 5.10 Å². The molecule has 0 saturated heterocycles. The van der Waals surface area contributed by atoms with Gasteiger partial charge in [-0.25, -0.2) is 0 Å². The Kier molecular flexibility index (Phi) is 4.59. The number of phenolic OH excluding ortho intramolecular Hbond substituents is 1. The number of rotatable bonds is 4. The largest absolute Gasteiger partial charge is 0.503 e. The van der Waals surface area contributed by atoms with Gasteiger partial charge in [-0.05, 0) is 40.0 Å². The number of aromatic nitrogens is 2. The first-order chi connectivity index (χ1) is 12.0. The van der Waals surface area contributed by atoms with Crippen molar-refractivity contribution < 1.29 is 14.6 Å². The molecule has 1 aliphatic rings. The highest BCUT2D eigenvalue weighted by molar-refractivity contribution is 9.10. The highest BCUT2D eigenvalue weighted by Gasteiger charge is 2.35. The summed E-state index contributed by atoms with van der Waals surface area (Å²) in [6.07, 6.45) is 1.67. The van der Waals surface area contributed by atoms with Gasteiger partial charge in [-0.1, -0.05) is 13.3 Å². The van der Waals surface area contributed by atoms with E-state index in [1.54, 1.807) is 12.1 Å². The Morgan fingerprint density at radius 3 is 2.92 bits per heavy atom. The fourth-order valence-electron chi connectivity index (χ4n) is 3.00. The summed E-state index contributed by atoms with van der Waals surface area (Å²) in [5.41, 5.74) is 8.66. The quantitative estimate of drug-likeness (QED) is 0.720. The van der Waals surface area contributed by atoms with Crippen LogP contribution >= 0.6 is 15.9 Å². The lowest BCUT2D eigenvalue weighted by atomic mass is 9.83. The van der Waals surface area contributed by atoms with Crippen LogP contribution in [0.15, 0.2) is 28.1 Å². The predicted octanol–water partition coefficient (Wildman–Crippen LogP) is 3.06. The molecule has 0 amide bonds. The van der Waals surface area contributed by atoms with Crippen LogP contribution in [0.4, 0.5) is 0 Å². The Morgan fingerprint density at radius 1 is 1.52 bits per heavy atom. The van der Waals surface area contributed by atoms with Gasteiger partial charge in [0.15, 0.2) is 11.5 Å². The molecule has 7 nitrogen and oxygen atoms in total. The Balaban J connectivity index is 2.25. The number of nitriles is 1. The third-order valence-corrected chi connectivity index (χ3v) is 4.73. The molecule has 0 fully saturated rings. The first kappa shape index (κ1) is 17.2. The van der Waals surface area contributed by atoms with Crippen molar-refractivity contribution in [3.63, 3.8) is 0 Å². The summed E-state index contributed by atoms with van der Waals surface area (Å²) in [5.74, 6) is 0.231. The number of methoxy groups -OCH3 is 1. The van der Waals surface area contributed by atoms with E-state index < -0.39 is 5.92 Å². The molecular formula is C17H17BrN4O3. The number of aromatic amines is 1. The van der Waals surface area contributed by atoms with Gasteiger partial charge in [-0.2, -0.15) is 5.26 Å². The molecule has 1 aromatic heterocycles. The van der Waals surface area contributed by atoms with Crippen LogP contribution in [0.25, 0.3) is 0 Å². The zero-order valence-electron chi connectivity index (χ0n) is 13.8. The van der Waals surface area contributed by atoms with Crippen LogP contribution in [0, 0.1) is 11.3 Å². The molecule has 8 heteroatoms. The third kappa shape index (κ3) is 2.81. The Hall–Kier alpha value is -2.66. The molecule has 2 aromatic rings. The van der Waals surface area contributed by atoms with E-state index >= 15 is 0 Å². The number of hydrogen-bond donors (Lipinski definition) is 3. The van der Waals surface area contributed by atoms with Crippen LogP contribution in [0.3, 0.4) is 0 Å². The summed E-state index contributed by atoms with van der Waals surface area (Å²) in [7, 11) is 1.47. The number of aromatic hydroxyl groups is 1. The van der Waals surface area contributed by atoms with Gasteiger partial charge in [0.05, 0.1) is 17.5 Å². The number of fused-ring (bicyclic) bond motifs is 1. The molecule has 0 bridgehead atoms. The van der Waals surface area contributed by atoms with Crippen LogP contribution in [0.1, 0.15) is 36.1 Å². The van der Waals surface area contributed by atoms with Crippen LogP contribution in [0.5, 0.6) is 17.4 Å². The van der Waals surface area contributed by atoms with Crippen LogP contribution in [-0.2, 0) is 6.42 Å². The molecule has 1 atom stereocenters. The molecule has 1 unspecified atom stereocenters. The number of nitrogens with two attached hydrogens (primary N) is 1. The average Bonchev–Trinajstić information content (AvgIpc) is 2.98. The number of aryl methyl sites for hydroxylation is 1. The van der Waals surface area contributed by atoms with Crippen LogP contribution in [0.2, 0.25) is 0 Å². The Morgan fingerprint density at radius 2 is 2.28 bits per heavy atom. The Bertz CT molecular complexity index is 898. The van der Waals surface area contributed by atoms with Crippen molar-refractivity contribution >= 4 is 15.9 Å². The number of hydrogen-bond acceptors (Lipinski definition) is 6. The summed E-state index contributed by atoms with van der Waals surface area (Å²) in [6.45, 7) is 2.06. The minimum Gasteiger partial charge on any atom is -0.503 e. The zero-order valence-corrected chi connectivity index (χ0v) is 15.3. The molecule has 3 rings (SSSR count). The summed E-state index contributed by atoms with van der Waals surface area (Å²) in [4.78, 5) is 0. The predicted molar refractivity (Wildman–Crippen MR) is 94.2 cm³/mol. The number of benzene rings is 1. The number of H-pyrrole nitrogens is 1. The van der Waals surface area contributed by atoms with Gasteiger partial charge in [0.2, 0.25) is 11.8 Å². The SMILES string of the molecule is CCCc1[nH]nc2c1C(c1cc(Br)c(O)c(OC)c1)C(C#N)=C(N)O2. The summed E-state index contributed by atoms with van der Waals surface area (Å²) in [6, 6.07) is 5.57. The zero-order chi connectivity index (χ0) is 18.1. The van der Waals surface area contributed by atoms with Crippen molar-refractivity contribution in [1.29, 1.82) is 5.26 Å². The smallest absolute Gasteiger partial charge is 0.244 e. The molecule has 4 N–H and O–H groups in total. The molecule has 0 saturated carbocycles. The molecule has 130 valence electrons. The summed E-state index contributed by atoms with van der Waals surface area (Å²) < 4.78 is 11.2. The molecule has 1 aliphatic heterocycles. The fraction of sp³-hybridized carbons (Fsp3) is 0.294. The number of nitrogens with one attached hydrogen (secondary N) is 1. The lowest BCUT2D eigenvalue weighted by molar-refractivity contribution is 0.369. The van der Waals surface area contributed by atoms with E-state index in [2.05, 4.69) is 39.1 Å². The minimum atomic E-state index is -0.458. The van der Waals surface area contributed by atoms with E-state index in [1.807, 2.05) is 0 Å². The maximum atomic E-state index is 10.1. The van der Waals surface area contributed by atoms with Crippen LogP contribution in [-0.4, -0.2) is 22.4 Å². The second-order valence-corrected chi connectivity index (χ2v) is 6.50. The van der Waals surface area contributed by atoms with Crippen molar-refractivity contribution in [2.75, 3.05) is 7.11 Å². The molecule has 2 heterocycles. The first-order valence-electron chi connectivity index (χ1n) is 7.72. The van der Waals surface area contributed by atoms with Gasteiger partial charge in [-0.15, -0.1) is 5.10 Å². The third-order valence-electron chi connectivity index (χ3n) is 4.12. The van der Waals surface area contributed by atoms with Crippen molar-refractivity contribution in [1.82, 2.24) is 10.2 Å². The van der Waals surface area contributed by atoms with Gasteiger partial charge in [0.1, 0.15) is 11.6 Å². The van der Waals surface area contributed by atoms with E-state index in [4.69, 9.17) is 15.2 Å². The number of nitrogens with zero attached hydrogens (tertiary/aromatic N) is 2. The van der Waals surface area contributed by atoms with Crippen LogP contribution < -0.4 is 15.2 Å². The van der Waals surface area contributed by atoms with Crippen molar-refractivity contribution in [3.05, 3.63) is 44.9 Å². The van der Waals surface area contributed by atoms with Gasteiger partial charge in [0, 0.05) is 11.3 Å². The number of halogens is 1. The highest BCUT2D eigenvalue weighted by atomic mass is 79.9. The van der Waals surface area contributed by atoms with E-state index in [0.717, 1.165) is 29.7 Å². The minimum absolute atomic E-state index is 0.00466. The molecule has 0 spiro atoms. The number of phenols is 1. The molecule has 1 aromatic carbocycles. The monoisotopic (exact) mass is 404 g/mol. The lowest BCUT2D eigenvalue weighted by Gasteiger charge is -2.24. The van der Waals surface area contributed by atoms with E-state index in [-0.39, 0.29) is 11.6 Å². The normalized spacial score (nSPS) is 16.2. The molecular weight excluding hydrogens is 388 g/mol. The van der Waals surface area contributed by atoms with E-state index in [9.17, 15) is 10.4 Å². The van der Waals surface area contributed by atoms with Gasteiger partial charge in [0.25, 0.3) is 0 Å². The molecule has 0 aliphatic carbocycles. The molecule has 25 heavy (non-hydrogen) atoms. The summed E-state index contributed by atoms with van der Waals surface area (Å²) in [5, 5.41) is 26.9. The Labute approximate surface area is 153 Å². The standard InChI is InChI=1S/C17H17BrN4O3/c1-3-4-11-14-13(8-5-10(18)15(23)12(6-8)24-2)9(7-19)16(20)25-17(14)22-21-11/h5-6,13,23H,3-4,20H2,1-2H3,(H,21,22). The number of ether oxygens (including phenoxy) is 2. The molecule has 0 radical (unpaired) electrons. The summed E-state index contributed by atoms with van der Waals surface area (Å²) >= 11 is 3.33. The topological polar surface area (TPSA) is 117 Å². The lowest BCUT2D eigenvalue weighted by Crippen LogP contribution is -2.21. The van der Waals surface area contributed by atoms with Gasteiger partial charge < -0.3 is 20.3 Å². The first-order valence-corrected chi connectivity index (χ1v) is 8.52. The van der Waals surface area contributed by atoms with E-state index in [0.29, 0.717) is 21.7 Å². The van der Waals surface area contributed by atoms with Gasteiger partial charge >= 0.3 is 0 Å². The van der Waals surface area contributed by atoms with E-state index in [1.165, 1.54) is 7.11 Å². The second kappa shape index (κ2) is 6.69. The maximum Gasteiger partial charge on any atom is 0.244 e. The average molecular weight is 405 g/mol. The maximum absolute atomic E-state index is 10.1. The van der Waals surface area contributed by atoms with Crippen molar-refractivity contribution in [2.24, 2.45) is 5.73 Å². The fourth-order valence-corrected chi connectivity index (χ4v) is 3.46. The van der Waals surface area contributed by atoms with Crippen molar-refractivity contribution in [2.45, 2.75) is 25.7 Å². The van der Waals surface area contributed by atoms with Crippen molar-refractivity contribution in [3.8, 4) is 23.4 Å². The highest BCUT2D eigenvalue weighted by Crippen LogP contribution is 2.46.